The Labute approximate surface area is 97.2 Å². The maximum Gasteiger partial charge on any atom is 0.0869 e. The van der Waals surface area contributed by atoms with Gasteiger partial charge in [0.05, 0.1) is 5.60 Å². The molecule has 2 rings (SSSR count). The van der Waals surface area contributed by atoms with Gasteiger partial charge in [0.25, 0.3) is 0 Å². The third-order valence-corrected chi connectivity index (χ3v) is 5.19. The maximum absolute atomic E-state index is 10.2. The first-order valence-electron chi connectivity index (χ1n) is 6.27. The van der Waals surface area contributed by atoms with Gasteiger partial charge in [-0.2, -0.15) is 11.8 Å². The molecule has 2 N–H and O–H groups in total. The summed E-state index contributed by atoms with van der Waals surface area (Å²) < 4.78 is 0. The molecule has 0 radical (unpaired) electrons. The minimum atomic E-state index is -0.411. The monoisotopic (exact) mass is 229 g/mol. The largest absolute Gasteiger partial charge is 0.388 e. The van der Waals surface area contributed by atoms with Crippen LogP contribution < -0.4 is 5.32 Å². The number of nitrogens with one attached hydrogen (secondary N) is 1. The third-order valence-electron chi connectivity index (χ3n) is 3.96. The van der Waals surface area contributed by atoms with Crippen molar-refractivity contribution in [2.45, 2.75) is 50.7 Å². The van der Waals surface area contributed by atoms with Crippen LogP contribution in [0.5, 0.6) is 0 Å². The van der Waals surface area contributed by atoms with Gasteiger partial charge in [0.15, 0.2) is 0 Å². The van der Waals surface area contributed by atoms with E-state index >= 15 is 0 Å². The zero-order valence-electron chi connectivity index (χ0n) is 9.67. The summed E-state index contributed by atoms with van der Waals surface area (Å²) in [4.78, 5) is 0. The van der Waals surface area contributed by atoms with Crippen molar-refractivity contribution < 1.29 is 5.11 Å². The van der Waals surface area contributed by atoms with Crippen molar-refractivity contribution in [2.75, 3.05) is 18.1 Å². The second-order valence-electron chi connectivity index (χ2n) is 5.11. The molecule has 1 saturated carbocycles. The fraction of sp³-hybridized carbons (Fsp3) is 1.00. The van der Waals surface area contributed by atoms with Gasteiger partial charge >= 0.3 is 0 Å². The van der Waals surface area contributed by atoms with Crippen LogP contribution in [0.15, 0.2) is 0 Å². The van der Waals surface area contributed by atoms with E-state index in [0.29, 0.717) is 6.04 Å². The third kappa shape index (κ3) is 2.89. The molecule has 1 saturated heterocycles. The minimum Gasteiger partial charge on any atom is -0.388 e. The Morgan fingerprint density at radius 2 is 2.33 bits per heavy atom. The topological polar surface area (TPSA) is 32.3 Å². The Bertz CT molecular complexity index is 204. The summed E-state index contributed by atoms with van der Waals surface area (Å²) in [7, 11) is 0. The van der Waals surface area contributed by atoms with Crippen molar-refractivity contribution in [2.24, 2.45) is 5.92 Å². The zero-order valence-corrected chi connectivity index (χ0v) is 10.5. The highest BCUT2D eigenvalue weighted by molar-refractivity contribution is 7.99. The summed E-state index contributed by atoms with van der Waals surface area (Å²) >= 11 is 1.88. The molecule has 0 aromatic heterocycles. The van der Waals surface area contributed by atoms with Crippen LogP contribution in [-0.4, -0.2) is 34.8 Å². The van der Waals surface area contributed by atoms with Crippen LogP contribution in [0.25, 0.3) is 0 Å². The minimum absolute atomic E-state index is 0.411. The van der Waals surface area contributed by atoms with Crippen LogP contribution in [0.3, 0.4) is 0 Å². The molecule has 3 unspecified atom stereocenters. The summed E-state index contributed by atoms with van der Waals surface area (Å²) in [5, 5.41) is 13.8. The van der Waals surface area contributed by atoms with E-state index in [0.717, 1.165) is 30.4 Å². The standard InChI is InChI=1S/C12H23NOS/c1-2-10-4-3-5-11(10)13-8-12(14)6-7-15-9-12/h10-11,13-14H,2-9H2,1H3. The van der Waals surface area contributed by atoms with E-state index in [1.807, 2.05) is 11.8 Å². The van der Waals surface area contributed by atoms with Gasteiger partial charge in [0.1, 0.15) is 0 Å². The van der Waals surface area contributed by atoms with E-state index in [4.69, 9.17) is 0 Å². The lowest BCUT2D eigenvalue weighted by atomic mass is 9.98. The van der Waals surface area contributed by atoms with Crippen molar-refractivity contribution >= 4 is 11.8 Å². The molecule has 3 atom stereocenters. The van der Waals surface area contributed by atoms with Gasteiger partial charge in [-0.1, -0.05) is 19.8 Å². The molecule has 1 heterocycles. The van der Waals surface area contributed by atoms with Crippen LogP contribution in [0.2, 0.25) is 0 Å². The summed E-state index contributed by atoms with van der Waals surface area (Å²) in [5.41, 5.74) is -0.411. The number of thioether (sulfide) groups is 1. The number of hydrogen-bond donors (Lipinski definition) is 2. The summed E-state index contributed by atoms with van der Waals surface area (Å²) in [6.07, 6.45) is 6.30. The van der Waals surface area contributed by atoms with E-state index in [9.17, 15) is 5.11 Å². The first kappa shape index (κ1) is 11.7. The smallest absolute Gasteiger partial charge is 0.0869 e. The molecule has 2 nitrogen and oxygen atoms in total. The van der Waals surface area contributed by atoms with Gasteiger partial charge in [-0.3, -0.25) is 0 Å². The molecule has 88 valence electrons. The molecule has 0 bridgehead atoms. The number of rotatable bonds is 4. The fourth-order valence-corrected chi connectivity index (χ4v) is 4.15. The quantitative estimate of drug-likeness (QED) is 0.773. The molecule has 2 fully saturated rings. The Morgan fingerprint density at radius 3 is 3.00 bits per heavy atom. The zero-order chi connectivity index (χ0) is 10.7. The van der Waals surface area contributed by atoms with Crippen LogP contribution in [0.4, 0.5) is 0 Å². The predicted octanol–water partition coefficient (Wildman–Crippen LogP) is 2.02. The predicted molar refractivity (Wildman–Crippen MR) is 66.3 cm³/mol. The van der Waals surface area contributed by atoms with E-state index in [1.165, 1.54) is 25.7 Å². The molecular weight excluding hydrogens is 206 g/mol. The molecular formula is C12H23NOS. The Hall–Kier alpha value is 0.270. The molecule has 0 aromatic carbocycles. The van der Waals surface area contributed by atoms with Gasteiger partial charge in [-0.25, -0.2) is 0 Å². The van der Waals surface area contributed by atoms with E-state index in [1.54, 1.807) is 0 Å². The van der Waals surface area contributed by atoms with E-state index < -0.39 is 5.60 Å². The van der Waals surface area contributed by atoms with Crippen molar-refractivity contribution in [3.8, 4) is 0 Å². The summed E-state index contributed by atoms with van der Waals surface area (Å²) in [5.74, 6) is 2.89. The van der Waals surface area contributed by atoms with Crippen LogP contribution in [0.1, 0.15) is 39.0 Å². The average molecular weight is 229 g/mol. The van der Waals surface area contributed by atoms with Crippen LogP contribution in [-0.2, 0) is 0 Å². The normalized spacial score (nSPS) is 41.2. The molecule has 0 aromatic rings. The Balaban J connectivity index is 1.77. The number of aliphatic hydroxyl groups is 1. The lowest BCUT2D eigenvalue weighted by molar-refractivity contribution is 0.0629. The summed E-state index contributed by atoms with van der Waals surface area (Å²) in [6.45, 7) is 3.09. The van der Waals surface area contributed by atoms with Gasteiger partial charge in [0.2, 0.25) is 0 Å². The Morgan fingerprint density at radius 1 is 1.47 bits per heavy atom. The maximum atomic E-state index is 10.2. The van der Waals surface area contributed by atoms with Gasteiger partial charge in [-0.15, -0.1) is 0 Å². The molecule has 0 amide bonds. The van der Waals surface area contributed by atoms with Crippen LogP contribution >= 0.6 is 11.8 Å². The first-order chi connectivity index (χ1) is 7.23. The van der Waals surface area contributed by atoms with E-state index in [2.05, 4.69) is 12.2 Å². The summed E-state index contributed by atoms with van der Waals surface area (Å²) in [6, 6.07) is 0.671. The highest BCUT2D eigenvalue weighted by Crippen LogP contribution is 2.30. The molecule has 1 aliphatic carbocycles. The fourth-order valence-electron chi connectivity index (χ4n) is 2.85. The highest BCUT2D eigenvalue weighted by Gasteiger charge is 2.33. The van der Waals surface area contributed by atoms with Crippen molar-refractivity contribution in [1.29, 1.82) is 0 Å². The highest BCUT2D eigenvalue weighted by atomic mass is 32.2. The number of hydrogen-bond acceptors (Lipinski definition) is 3. The second kappa shape index (κ2) is 5.07. The molecule has 0 spiro atoms. The molecule has 1 aliphatic heterocycles. The van der Waals surface area contributed by atoms with Crippen molar-refractivity contribution in [1.82, 2.24) is 5.32 Å². The SMILES string of the molecule is CCC1CCCC1NCC1(O)CCSC1. The van der Waals surface area contributed by atoms with Crippen molar-refractivity contribution in [3.05, 3.63) is 0 Å². The second-order valence-corrected chi connectivity index (χ2v) is 6.22. The molecule has 2 aliphatic rings. The lowest BCUT2D eigenvalue weighted by Gasteiger charge is -2.27. The average Bonchev–Trinajstić information content (AvgIpc) is 2.84. The first-order valence-corrected chi connectivity index (χ1v) is 7.42. The Kier molecular flexibility index (Phi) is 3.97. The van der Waals surface area contributed by atoms with Gasteiger partial charge < -0.3 is 10.4 Å². The molecule has 15 heavy (non-hydrogen) atoms. The van der Waals surface area contributed by atoms with E-state index in [-0.39, 0.29) is 0 Å². The van der Waals surface area contributed by atoms with Crippen molar-refractivity contribution in [3.63, 3.8) is 0 Å². The lowest BCUT2D eigenvalue weighted by Crippen LogP contribution is -2.45. The van der Waals surface area contributed by atoms with Gasteiger partial charge in [-0.05, 0) is 30.9 Å². The van der Waals surface area contributed by atoms with Crippen LogP contribution in [0, 0.1) is 5.92 Å². The molecule has 3 heteroatoms. The van der Waals surface area contributed by atoms with Gasteiger partial charge in [0, 0.05) is 18.3 Å².